The molecule has 1 unspecified atom stereocenters. The van der Waals surface area contributed by atoms with Crippen LogP contribution in [0.15, 0.2) is 18.2 Å². The minimum Gasteiger partial charge on any atom is -0.504 e. The number of carbonyl (C=O) groups is 1. The number of hydrogen-bond acceptors (Lipinski definition) is 4. The minimum atomic E-state index is -0.623. The molecule has 0 radical (unpaired) electrons. The van der Waals surface area contributed by atoms with E-state index in [0.717, 1.165) is 0 Å². The topological polar surface area (TPSA) is 55.8 Å². The number of phenolic OH excluding ortho intramolecular Hbond substituents is 1. The van der Waals surface area contributed by atoms with Crippen LogP contribution in [0.25, 0.3) is 0 Å². The molecular weight excluding hydrogens is 208 g/mol. The molecule has 1 aromatic rings. The maximum Gasteiger partial charge on any atom is 0.163 e. The number of phenols is 1. The van der Waals surface area contributed by atoms with E-state index >= 15 is 0 Å². The van der Waals surface area contributed by atoms with Gasteiger partial charge in [0.25, 0.3) is 0 Å². The zero-order valence-corrected chi connectivity index (χ0v) is 9.69. The summed E-state index contributed by atoms with van der Waals surface area (Å²) in [5, 5.41) is 9.60. The maximum absolute atomic E-state index is 11.4. The van der Waals surface area contributed by atoms with Crippen LogP contribution in [0.2, 0.25) is 0 Å². The first-order chi connectivity index (χ1) is 7.60. The van der Waals surface area contributed by atoms with Crippen LogP contribution >= 0.6 is 0 Å². The van der Waals surface area contributed by atoms with Crippen molar-refractivity contribution in [3.8, 4) is 11.5 Å². The van der Waals surface area contributed by atoms with Crippen molar-refractivity contribution in [2.75, 3.05) is 13.7 Å². The highest BCUT2D eigenvalue weighted by atomic mass is 16.5. The van der Waals surface area contributed by atoms with E-state index in [0.29, 0.717) is 17.9 Å². The Bertz CT molecular complexity index is 373. The Hall–Kier alpha value is -1.55. The van der Waals surface area contributed by atoms with E-state index in [1.165, 1.54) is 20.1 Å². The van der Waals surface area contributed by atoms with E-state index in [-0.39, 0.29) is 11.5 Å². The highest BCUT2D eigenvalue weighted by molar-refractivity contribution is 5.82. The molecule has 0 fully saturated rings. The normalized spacial score (nSPS) is 12.2. The molecule has 1 rings (SSSR count). The van der Waals surface area contributed by atoms with Gasteiger partial charge in [0.15, 0.2) is 17.3 Å². The number of benzene rings is 1. The molecular formula is C12H16O4. The molecule has 4 nitrogen and oxygen atoms in total. The van der Waals surface area contributed by atoms with Gasteiger partial charge in [-0.15, -0.1) is 0 Å². The summed E-state index contributed by atoms with van der Waals surface area (Å²) in [6.45, 7) is 3.72. The fourth-order valence-corrected chi connectivity index (χ4v) is 1.49. The molecule has 0 heterocycles. The Kier molecular flexibility index (Phi) is 4.31. The first-order valence-electron chi connectivity index (χ1n) is 5.09. The molecule has 0 bridgehead atoms. The molecule has 0 spiro atoms. The second-order valence-electron chi connectivity index (χ2n) is 3.38. The number of Topliss-reactive ketones (excluding diaryl/α,β-unsaturated/α-hetero) is 1. The third-order valence-corrected chi connectivity index (χ3v) is 2.21. The zero-order chi connectivity index (χ0) is 12.1. The van der Waals surface area contributed by atoms with Gasteiger partial charge in [-0.2, -0.15) is 0 Å². The summed E-state index contributed by atoms with van der Waals surface area (Å²) in [6, 6.07) is 4.81. The van der Waals surface area contributed by atoms with Crippen LogP contribution in [0, 0.1) is 0 Å². The van der Waals surface area contributed by atoms with Crippen LogP contribution in [-0.2, 0) is 9.53 Å². The second kappa shape index (κ2) is 5.51. The third-order valence-electron chi connectivity index (χ3n) is 2.21. The van der Waals surface area contributed by atoms with Crippen molar-refractivity contribution >= 4 is 5.78 Å². The standard InChI is InChI=1S/C12H16O4/c1-4-16-12(8(2)13)9-5-6-11(15-3)10(14)7-9/h5-7,12,14H,4H2,1-3H3. The smallest absolute Gasteiger partial charge is 0.163 e. The van der Waals surface area contributed by atoms with Crippen LogP contribution in [0.3, 0.4) is 0 Å². The van der Waals surface area contributed by atoms with Crippen LogP contribution in [0.1, 0.15) is 25.5 Å². The van der Waals surface area contributed by atoms with Crippen LogP contribution < -0.4 is 4.74 Å². The van der Waals surface area contributed by atoms with Crippen molar-refractivity contribution in [1.29, 1.82) is 0 Å². The largest absolute Gasteiger partial charge is 0.504 e. The fraction of sp³-hybridized carbons (Fsp3) is 0.417. The third kappa shape index (κ3) is 2.73. The van der Waals surface area contributed by atoms with Crippen LogP contribution in [-0.4, -0.2) is 24.6 Å². The average Bonchev–Trinajstić information content (AvgIpc) is 2.25. The summed E-state index contributed by atoms with van der Waals surface area (Å²) in [7, 11) is 1.47. The van der Waals surface area contributed by atoms with Crippen molar-refractivity contribution in [2.24, 2.45) is 0 Å². The second-order valence-corrected chi connectivity index (χ2v) is 3.38. The number of hydrogen-bond donors (Lipinski definition) is 1. The van der Waals surface area contributed by atoms with Gasteiger partial charge in [-0.1, -0.05) is 6.07 Å². The number of carbonyl (C=O) groups excluding carboxylic acids is 1. The highest BCUT2D eigenvalue weighted by Crippen LogP contribution is 2.30. The van der Waals surface area contributed by atoms with Crippen molar-refractivity contribution in [3.05, 3.63) is 23.8 Å². The Labute approximate surface area is 94.8 Å². The Morgan fingerprint density at radius 1 is 1.50 bits per heavy atom. The predicted molar refractivity (Wildman–Crippen MR) is 59.7 cm³/mol. The Morgan fingerprint density at radius 2 is 2.19 bits per heavy atom. The summed E-state index contributed by atoms with van der Waals surface area (Å²) < 4.78 is 10.2. The van der Waals surface area contributed by atoms with Gasteiger partial charge < -0.3 is 14.6 Å². The lowest BCUT2D eigenvalue weighted by Crippen LogP contribution is -2.12. The molecule has 1 atom stereocenters. The summed E-state index contributed by atoms with van der Waals surface area (Å²) in [5.41, 5.74) is 0.632. The molecule has 4 heteroatoms. The average molecular weight is 224 g/mol. The molecule has 16 heavy (non-hydrogen) atoms. The lowest BCUT2D eigenvalue weighted by molar-refractivity contribution is -0.128. The van der Waals surface area contributed by atoms with E-state index in [4.69, 9.17) is 9.47 Å². The van der Waals surface area contributed by atoms with E-state index in [1.807, 2.05) is 6.92 Å². The maximum atomic E-state index is 11.4. The molecule has 1 aromatic carbocycles. The minimum absolute atomic E-state index is 0.00551. The van der Waals surface area contributed by atoms with Crippen molar-refractivity contribution in [2.45, 2.75) is 20.0 Å². The van der Waals surface area contributed by atoms with Crippen LogP contribution in [0.5, 0.6) is 11.5 Å². The summed E-state index contributed by atoms with van der Waals surface area (Å²) >= 11 is 0. The van der Waals surface area contributed by atoms with Crippen molar-refractivity contribution < 1.29 is 19.4 Å². The lowest BCUT2D eigenvalue weighted by Gasteiger charge is -2.15. The Balaban J connectivity index is 3.01. The number of ether oxygens (including phenoxy) is 2. The van der Waals surface area contributed by atoms with Gasteiger partial charge >= 0.3 is 0 Å². The highest BCUT2D eigenvalue weighted by Gasteiger charge is 2.18. The molecule has 0 aliphatic heterocycles. The van der Waals surface area contributed by atoms with Gasteiger partial charge in [0.05, 0.1) is 7.11 Å². The summed E-state index contributed by atoms with van der Waals surface area (Å²) in [4.78, 5) is 11.4. The number of aromatic hydroxyl groups is 1. The number of rotatable bonds is 5. The molecule has 0 saturated heterocycles. The van der Waals surface area contributed by atoms with E-state index in [2.05, 4.69) is 0 Å². The van der Waals surface area contributed by atoms with Crippen LogP contribution in [0.4, 0.5) is 0 Å². The van der Waals surface area contributed by atoms with Gasteiger partial charge in [-0.3, -0.25) is 4.79 Å². The predicted octanol–water partition coefficient (Wildman–Crippen LogP) is 2.07. The molecule has 0 amide bonds. The monoisotopic (exact) mass is 224 g/mol. The van der Waals surface area contributed by atoms with Crippen molar-refractivity contribution in [1.82, 2.24) is 0 Å². The van der Waals surface area contributed by atoms with Crippen molar-refractivity contribution in [3.63, 3.8) is 0 Å². The number of ketones is 1. The van der Waals surface area contributed by atoms with Gasteiger partial charge in [-0.25, -0.2) is 0 Å². The Morgan fingerprint density at radius 3 is 2.62 bits per heavy atom. The quantitative estimate of drug-likeness (QED) is 0.831. The van der Waals surface area contributed by atoms with Gasteiger partial charge in [0, 0.05) is 6.61 Å². The SMILES string of the molecule is CCOC(C(C)=O)c1ccc(OC)c(O)c1. The zero-order valence-electron chi connectivity index (χ0n) is 9.69. The first kappa shape index (κ1) is 12.5. The first-order valence-corrected chi connectivity index (χ1v) is 5.09. The fourth-order valence-electron chi connectivity index (χ4n) is 1.49. The molecule has 0 aromatic heterocycles. The van der Waals surface area contributed by atoms with Gasteiger partial charge in [-0.05, 0) is 31.5 Å². The lowest BCUT2D eigenvalue weighted by atomic mass is 10.1. The van der Waals surface area contributed by atoms with Gasteiger partial charge in [0.2, 0.25) is 0 Å². The molecule has 0 aliphatic carbocycles. The molecule has 88 valence electrons. The van der Waals surface area contributed by atoms with E-state index in [9.17, 15) is 9.90 Å². The van der Waals surface area contributed by atoms with E-state index < -0.39 is 6.10 Å². The summed E-state index contributed by atoms with van der Waals surface area (Å²) in [6.07, 6.45) is -0.623. The molecule has 0 aliphatic rings. The molecule has 0 saturated carbocycles. The van der Waals surface area contributed by atoms with E-state index in [1.54, 1.807) is 12.1 Å². The summed E-state index contributed by atoms with van der Waals surface area (Å²) in [5.74, 6) is 0.292. The van der Waals surface area contributed by atoms with Gasteiger partial charge in [0.1, 0.15) is 6.10 Å². The number of methoxy groups -OCH3 is 1. The molecule has 1 N–H and O–H groups in total.